The van der Waals surface area contributed by atoms with E-state index in [0.29, 0.717) is 55.3 Å². The molecule has 13 heteroatoms. The van der Waals surface area contributed by atoms with Gasteiger partial charge in [0, 0.05) is 13.1 Å². The quantitative estimate of drug-likeness (QED) is 0.196. The number of hydrogen-bond acceptors (Lipinski definition) is 10. The zero-order chi connectivity index (χ0) is 26.3. The fourth-order valence-electron chi connectivity index (χ4n) is 4.13. The molecule has 3 aromatic rings. The van der Waals surface area contributed by atoms with Crippen molar-refractivity contribution >= 4 is 30.6 Å². The van der Waals surface area contributed by atoms with Crippen molar-refractivity contribution in [1.82, 2.24) is 24.2 Å². The minimum absolute atomic E-state index is 0.0843. The Morgan fingerprint density at radius 1 is 1.19 bits per heavy atom. The van der Waals surface area contributed by atoms with E-state index in [4.69, 9.17) is 24.5 Å². The third kappa shape index (κ3) is 6.38. The zero-order valence-electron chi connectivity index (χ0n) is 21.1. The van der Waals surface area contributed by atoms with Crippen LogP contribution in [0.2, 0.25) is 0 Å². The Labute approximate surface area is 215 Å². The van der Waals surface area contributed by atoms with Gasteiger partial charge in [0.1, 0.15) is 18.1 Å². The van der Waals surface area contributed by atoms with Crippen LogP contribution in [0, 0.1) is 0 Å². The molecule has 1 saturated heterocycles. The molecular formula is C24H33N6O6P. The van der Waals surface area contributed by atoms with Crippen LogP contribution >= 0.6 is 7.52 Å². The lowest BCUT2D eigenvalue weighted by Crippen LogP contribution is -2.37. The number of para-hydroxylation sites is 1. The summed E-state index contributed by atoms with van der Waals surface area (Å²) < 4.78 is 40.3. The third-order valence-electron chi connectivity index (χ3n) is 5.79. The Bertz CT molecular complexity index is 1240. The molecule has 1 aromatic carbocycles. The van der Waals surface area contributed by atoms with Gasteiger partial charge in [-0.3, -0.25) is 9.36 Å². The van der Waals surface area contributed by atoms with Gasteiger partial charge < -0.3 is 29.0 Å². The standard InChI is InChI=1S/C24H33N6O6P/c1-3-14-35-22-20-21(27-24(25)28-22)29(16-26-20)13-15-33-17-37(32,36-18-9-6-5-7-10-18)30-12-8-11-19(30)23(31)34-4-2/h5-7,9-10,16,19H,3-4,8,11-15,17H2,1-2H3,(H2,25,27,28)/t19-,37?/m0/s1. The fraction of sp³-hybridized carbons (Fsp3) is 0.500. The second-order valence-corrected chi connectivity index (χ2v) is 10.7. The van der Waals surface area contributed by atoms with Crippen LogP contribution in [0.5, 0.6) is 11.6 Å². The molecule has 2 N–H and O–H groups in total. The molecule has 1 aliphatic heterocycles. The molecule has 0 spiro atoms. The number of rotatable bonds is 13. The number of carbonyl (C=O) groups is 1. The summed E-state index contributed by atoms with van der Waals surface area (Å²) in [4.78, 5) is 25.4. The largest absolute Gasteiger partial charge is 0.476 e. The average Bonchev–Trinajstić information content (AvgIpc) is 3.54. The lowest BCUT2D eigenvalue weighted by atomic mass is 10.2. The van der Waals surface area contributed by atoms with Crippen molar-refractivity contribution < 1.29 is 28.1 Å². The van der Waals surface area contributed by atoms with E-state index in [0.717, 1.165) is 6.42 Å². The molecule has 2 aromatic heterocycles. The summed E-state index contributed by atoms with van der Waals surface area (Å²) in [5.41, 5.74) is 6.90. The molecule has 1 aliphatic rings. The monoisotopic (exact) mass is 532 g/mol. The number of hydrogen-bond donors (Lipinski definition) is 1. The second-order valence-electron chi connectivity index (χ2n) is 8.50. The minimum Gasteiger partial charge on any atom is -0.476 e. The van der Waals surface area contributed by atoms with Crippen LogP contribution < -0.4 is 15.0 Å². The average molecular weight is 533 g/mol. The summed E-state index contributed by atoms with van der Waals surface area (Å²) >= 11 is 0. The number of nitrogens with two attached hydrogens (primary N) is 1. The van der Waals surface area contributed by atoms with Gasteiger partial charge in [0.2, 0.25) is 11.8 Å². The first-order chi connectivity index (χ1) is 17.9. The fourth-order valence-corrected chi connectivity index (χ4v) is 6.33. The van der Waals surface area contributed by atoms with Crippen molar-refractivity contribution in [2.75, 3.05) is 38.4 Å². The number of esters is 1. The topological polar surface area (TPSA) is 144 Å². The van der Waals surface area contributed by atoms with Gasteiger partial charge in [-0.15, -0.1) is 0 Å². The first-order valence-electron chi connectivity index (χ1n) is 12.4. The highest BCUT2D eigenvalue weighted by molar-refractivity contribution is 7.56. The number of fused-ring (bicyclic) bond motifs is 1. The molecule has 0 radical (unpaired) electrons. The van der Waals surface area contributed by atoms with E-state index in [1.165, 1.54) is 0 Å². The van der Waals surface area contributed by atoms with Crippen LogP contribution in [0.3, 0.4) is 0 Å². The van der Waals surface area contributed by atoms with Gasteiger partial charge in [-0.1, -0.05) is 25.1 Å². The number of nitrogens with zero attached hydrogens (tertiary/aromatic N) is 5. The minimum atomic E-state index is -3.59. The molecule has 1 fully saturated rings. The first-order valence-corrected chi connectivity index (χ1v) is 14.2. The summed E-state index contributed by atoms with van der Waals surface area (Å²) in [5.74, 6) is 0.460. The smallest absolute Gasteiger partial charge is 0.345 e. The van der Waals surface area contributed by atoms with Gasteiger partial charge >= 0.3 is 13.5 Å². The van der Waals surface area contributed by atoms with E-state index in [1.807, 2.05) is 13.0 Å². The maximum absolute atomic E-state index is 14.2. The number of nitrogen functional groups attached to an aromatic ring is 1. The van der Waals surface area contributed by atoms with E-state index in [-0.39, 0.29) is 25.5 Å². The van der Waals surface area contributed by atoms with Crippen LogP contribution in [-0.2, 0) is 25.4 Å². The highest BCUT2D eigenvalue weighted by Gasteiger charge is 2.45. The van der Waals surface area contributed by atoms with Crippen LogP contribution in [0.1, 0.15) is 33.1 Å². The van der Waals surface area contributed by atoms with Crippen molar-refractivity contribution in [2.24, 2.45) is 0 Å². The molecular weight excluding hydrogens is 499 g/mol. The molecule has 0 bridgehead atoms. The van der Waals surface area contributed by atoms with Crippen molar-refractivity contribution in [1.29, 1.82) is 0 Å². The molecule has 200 valence electrons. The van der Waals surface area contributed by atoms with Gasteiger partial charge in [0.05, 0.1) is 26.1 Å². The van der Waals surface area contributed by atoms with E-state index in [1.54, 1.807) is 46.8 Å². The van der Waals surface area contributed by atoms with Gasteiger partial charge in [-0.2, -0.15) is 9.97 Å². The number of benzene rings is 1. The number of ether oxygens (including phenoxy) is 3. The van der Waals surface area contributed by atoms with E-state index < -0.39 is 19.5 Å². The normalized spacial score (nSPS) is 17.5. The predicted molar refractivity (Wildman–Crippen MR) is 137 cm³/mol. The third-order valence-corrected chi connectivity index (χ3v) is 8.06. The van der Waals surface area contributed by atoms with E-state index in [9.17, 15) is 9.36 Å². The number of imidazole rings is 1. The summed E-state index contributed by atoms with van der Waals surface area (Å²) in [6.45, 7) is 5.49. The summed E-state index contributed by atoms with van der Waals surface area (Å²) in [7, 11) is -3.59. The molecule has 0 amide bonds. The van der Waals surface area contributed by atoms with Crippen LogP contribution in [0.4, 0.5) is 5.95 Å². The molecule has 0 aliphatic carbocycles. The summed E-state index contributed by atoms with van der Waals surface area (Å²) in [6.07, 6.45) is 3.48. The zero-order valence-corrected chi connectivity index (χ0v) is 22.0. The van der Waals surface area contributed by atoms with E-state index in [2.05, 4.69) is 15.0 Å². The lowest BCUT2D eigenvalue weighted by molar-refractivity contribution is -0.147. The van der Waals surface area contributed by atoms with Crippen molar-refractivity contribution in [2.45, 2.75) is 45.7 Å². The Morgan fingerprint density at radius 2 is 2.00 bits per heavy atom. The maximum Gasteiger partial charge on any atom is 0.345 e. The Kier molecular flexibility index (Phi) is 8.96. The Morgan fingerprint density at radius 3 is 2.76 bits per heavy atom. The van der Waals surface area contributed by atoms with Crippen molar-refractivity contribution in [3.63, 3.8) is 0 Å². The van der Waals surface area contributed by atoms with Gasteiger partial charge in [-0.25, -0.2) is 9.65 Å². The van der Waals surface area contributed by atoms with Crippen LogP contribution in [-0.4, -0.2) is 68.9 Å². The van der Waals surface area contributed by atoms with Crippen LogP contribution in [0.25, 0.3) is 11.2 Å². The van der Waals surface area contributed by atoms with Crippen molar-refractivity contribution in [3.8, 4) is 11.6 Å². The van der Waals surface area contributed by atoms with Gasteiger partial charge in [-0.05, 0) is 38.3 Å². The maximum atomic E-state index is 14.2. The molecule has 1 unspecified atom stereocenters. The lowest BCUT2D eigenvalue weighted by Gasteiger charge is -2.31. The SMILES string of the molecule is CCCOc1nc(N)nc2c1ncn2CCOCP(=O)(Oc1ccccc1)N1CCC[C@H]1C(=O)OCC. The Balaban J connectivity index is 1.47. The molecule has 3 heterocycles. The summed E-state index contributed by atoms with van der Waals surface area (Å²) in [5, 5.41) is 0. The number of aromatic nitrogens is 4. The molecule has 37 heavy (non-hydrogen) atoms. The molecule has 2 atom stereocenters. The molecule has 12 nitrogen and oxygen atoms in total. The van der Waals surface area contributed by atoms with Crippen molar-refractivity contribution in [3.05, 3.63) is 36.7 Å². The number of carbonyl (C=O) groups excluding carboxylic acids is 1. The molecule has 0 saturated carbocycles. The highest BCUT2D eigenvalue weighted by atomic mass is 31.2. The van der Waals surface area contributed by atoms with Gasteiger partial charge in [0.25, 0.3) is 0 Å². The molecule has 4 rings (SSSR count). The van der Waals surface area contributed by atoms with Gasteiger partial charge in [0.15, 0.2) is 11.2 Å². The Hall–Kier alpha value is -3.21. The second kappa shape index (κ2) is 12.4. The highest BCUT2D eigenvalue weighted by Crippen LogP contribution is 2.54. The first kappa shape index (κ1) is 26.8. The summed E-state index contributed by atoms with van der Waals surface area (Å²) in [6, 6.07) is 8.24. The number of anilines is 1. The van der Waals surface area contributed by atoms with E-state index >= 15 is 0 Å². The predicted octanol–water partition coefficient (Wildman–Crippen LogP) is 3.47. The van der Waals surface area contributed by atoms with Crippen LogP contribution in [0.15, 0.2) is 36.7 Å².